The van der Waals surface area contributed by atoms with E-state index in [-0.39, 0.29) is 0 Å². The molecule has 0 atom stereocenters. The number of nitrogens with zero attached hydrogens (tertiary/aromatic N) is 2. The molecule has 3 nitrogen and oxygen atoms in total. The van der Waals surface area contributed by atoms with Crippen molar-refractivity contribution in [1.29, 1.82) is 0 Å². The summed E-state index contributed by atoms with van der Waals surface area (Å²) in [4.78, 5) is 4.86. The van der Waals surface area contributed by atoms with Crippen LogP contribution in [0.4, 0.5) is 0 Å². The fourth-order valence-corrected chi connectivity index (χ4v) is 2.49. The van der Waals surface area contributed by atoms with Crippen LogP contribution in [-0.4, -0.2) is 15.9 Å². The van der Waals surface area contributed by atoms with Crippen LogP contribution in [0, 0.1) is 6.92 Å². The maximum absolute atomic E-state index is 4.86. The normalized spacial score (nSPS) is 11.1. The van der Waals surface area contributed by atoms with Gasteiger partial charge in [-0.1, -0.05) is 37.3 Å². The standard InChI is InChI=1S/C17H19N3/c1-3-18-12-15-16-10-6-7-11-20(16)17(19-15)14-9-5-4-8-13(14)2/h4-11,18H,3,12H2,1-2H3. The highest BCUT2D eigenvalue weighted by atomic mass is 15.0. The van der Waals surface area contributed by atoms with Gasteiger partial charge in [0, 0.05) is 18.3 Å². The van der Waals surface area contributed by atoms with E-state index in [0.29, 0.717) is 0 Å². The molecule has 102 valence electrons. The summed E-state index contributed by atoms with van der Waals surface area (Å²) in [5.41, 5.74) is 4.71. The smallest absolute Gasteiger partial charge is 0.145 e. The first-order valence-electron chi connectivity index (χ1n) is 7.04. The SMILES string of the molecule is CCNCc1nc(-c2ccccc2C)n2ccccc12. The van der Waals surface area contributed by atoms with E-state index < -0.39 is 0 Å². The Kier molecular flexibility index (Phi) is 3.52. The lowest BCUT2D eigenvalue weighted by Crippen LogP contribution is -2.12. The van der Waals surface area contributed by atoms with Crippen molar-refractivity contribution in [2.45, 2.75) is 20.4 Å². The molecule has 0 saturated heterocycles. The molecule has 0 fully saturated rings. The molecule has 0 saturated carbocycles. The summed E-state index contributed by atoms with van der Waals surface area (Å²) in [7, 11) is 0. The fourth-order valence-electron chi connectivity index (χ4n) is 2.49. The first-order chi connectivity index (χ1) is 9.81. The molecule has 0 aliphatic carbocycles. The molecule has 3 rings (SSSR count). The Bertz CT molecular complexity index is 728. The van der Waals surface area contributed by atoms with Gasteiger partial charge in [0.05, 0.1) is 11.2 Å². The topological polar surface area (TPSA) is 29.3 Å². The number of hydrogen-bond acceptors (Lipinski definition) is 2. The van der Waals surface area contributed by atoms with Gasteiger partial charge >= 0.3 is 0 Å². The van der Waals surface area contributed by atoms with Crippen LogP contribution in [0.2, 0.25) is 0 Å². The van der Waals surface area contributed by atoms with Crippen molar-refractivity contribution in [3.8, 4) is 11.4 Å². The van der Waals surface area contributed by atoms with Crippen molar-refractivity contribution in [3.05, 3.63) is 59.9 Å². The predicted molar refractivity (Wildman–Crippen MR) is 82.7 cm³/mol. The largest absolute Gasteiger partial charge is 0.311 e. The molecule has 3 heteroatoms. The molecule has 20 heavy (non-hydrogen) atoms. The van der Waals surface area contributed by atoms with Gasteiger partial charge in [-0.3, -0.25) is 4.40 Å². The van der Waals surface area contributed by atoms with E-state index in [1.165, 1.54) is 16.6 Å². The summed E-state index contributed by atoms with van der Waals surface area (Å²) >= 11 is 0. The first kappa shape index (κ1) is 12.9. The van der Waals surface area contributed by atoms with Crippen LogP contribution in [-0.2, 0) is 6.54 Å². The molecule has 1 N–H and O–H groups in total. The van der Waals surface area contributed by atoms with Crippen molar-refractivity contribution >= 4 is 5.52 Å². The maximum Gasteiger partial charge on any atom is 0.145 e. The van der Waals surface area contributed by atoms with Gasteiger partial charge in [-0.15, -0.1) is 0 Å². The predicted octanol–water partition coefficient (Wildman–Crippen LogP) is 3.42. The number of aryl methyl sites for hydroxylation is 1. The number of imidazole rings is 1. The summed E-state index contributed by atoms with van der Waals surface area (Å²) < 4.78 is 2.18. The lowest BCUT2D eigenvalue weighted by atomic mass is 10.1. The number of benzene rings is 1. The van der Waals surface area contributed by atoms with Gasteiger partial charge in [0.1, 0.15) is 5.82 Å². The second-order valence-electron chi connectivity index (χ2n) is 4.93. The highest BCUT2D eigenvalue weighted by Crippen LogP contribution is 2.25. The van der Waals surface area contributed by atoms with Crippen LogP contribution in [0.3, 0.4) is 0 Å². The third-order valence-corrected chi connectivity index (χ3v) is 3.55. The minimum absolute atomic E-state index is 0.801. The molecule has 1 aromatic carbocycles. The van der Waals surface area contributed by atoms with Crippen LogP contribution in [0.25, 0.3) is 16.9 Å². The van der Waals surface area contributed by atoms with E-state index >= 15 is 0 Å². The second kappa shape index (κ2) is 5.47. The number of aromatic nitrogens is 2. The molecule has 2 heterocycles. The Hall–Kier alpha value is -2.13. The molecular formula is C17H19N3. The molecule has 0 aliphatic rings. The van der Waals surface area contributed by atoms with E-state index in [1.807, 2.05) is 6.07 Å². The molecule has 0 spiro atoms. The van der Waals surface area contributed by atoms with Gasteiger partial charge in [-0.05, 0) is 31.2 Å². The molecule has 2 aromatic heterocycles. The van der Waals surface area contributed by atoms with Crippen molar-refractivity contribution < 1.29 is 0 Å². The average Bonchev–Trinajstić information content (AvgIpc) is 2.84. The molecular weight excluding hydrogens is 246 g/mol. The molecule has 0 radical (unpaired) electrons. The van der Waals surface area contributed by atoms with E-state index in [1.54, 1.807) is 0 Å². The number of nitrogens with one attached hydrogen (secondary N) is 1. The fraction of sp³-hybridized carbons (Fsp3) is 0.235. The van der Waals surface area contributed by atoms with Crippen molar-refractivity contribution in [1.82, 2.24) is 14.7 Å². The summed E-state index contributed by atoms with van der Waals surface area (Å²) in [5, 5.41) is 3.36. The lowest BCUT2D eigenvalue weighted by molar-refractivity contribution is 0.718. The zero-order valence-corrected chi connectivity index (χ0v) is 11.9. The zero-order chi connectivity index (χ0) is 13.9. The van der Waals surface area contributed by atoms with Crippen molar-refractivity contribution in [2.24, 2.45) is 0 Å². The Labute approximate surface area is 119 Å². The van der Waals surface area contributed by atoms with Crippen LogP contribution in [0.5, 0.6) is 0 Å². The van der Waals surface area contributed by atoms with Gasteiger partial charge in [-0.25, -0.2) is 4.98 Å². The van der Waals surface area contributed by atoms with E-state index in [9.17, 15) is 0 Å². The Morgan fingerprint density at radius 3 is 2.70 bits per heavy atom. The highest BCUT2D eigenvalue weighted by molar-refractivity contribution is 5.67. The monoisotopic (exact) mass is 265 g/mol. The van der Waals surface area contributed by atoms with E-state index in [0.717, 1.165) is 24.6 Å². The Morgan fingerprint density at radius 1 is 1.10 bits per heavy atom. The Balaban J connectivity index is 2.19. The molecule has 0 aliphatic heterocycles. The third kappa shape index (κ3) is 2.21. The molecule has 0 bridgehead atoms. The van der Waals surface area contributed by atoms with E-state index in [2.05, 4.69) is 66.2 Å². The molecule has 0 unspecified atom stereocenters. The lowest BCUT2D eigenvalue weighted by Gasteiger charge is -2.04. The van der Waals surface area contributed by atoms with Gasteiger partial charge in [0.15, 0.2) is 0 Å². The second-order valence-corrected chi connectivity index (χ2v) is 4.93. The maximum atomic E-state index is 4.86. The first-order valence-corrected chi connectivity index (χ1v) is 7.04. The number of pyridine rings is 1. The van der Waals surface area contributed by atoms with Crippen LogP contribution in [0.15, 0.2) is 48.7 Å². The molecule has 0 amide bonds. The number of rotatable bonds is 4. The Morgan fingerprint density at radius 2 is 1.90 bits per heavy atom. The summed E-state index contributed by atoms with van der Waals surface area (Å²) in [6, 6.07) is 14.6. The summed E-state index contributed by atoms with van der Waals surface area (Å²) in [6.45, 7) is 5.99. The summed E-state index contributed by atoms with van der Waals surface area (Å²) in [5.74, 6) is 1.02. The van der Waals surface area contributed by atoms with Crippen LogP contribution >= 0.6 is 0 Å². The number of fused-ring (bicyclic) bond motifs is 1. The van der Waals surface area contributed by atoms with Crippen molar-refractivity contribution in [2.75, 3.05) is 6.54 Å². The zero-order valence-electron chi connectivity index (χ0n) is 11.9. The van der Waals surface area contributed by atoms with Gasteiger partial charge < -0.3 is 5.32 Å². The minimum atomic E-state index is 0.801. The highest BCUT2D eigenvalue weighted by Gasteiger charge is 2.12. The number of hydrogen-bond donors (Lipinski definition) is 1. The molecule has 3 aromatic rings. The van der Waals surface area contributed by atoms with Gasteiger partial charge in [-0.2, -0.15) is 0 Å². The quantitative estimate of drug-likeness (QED) is 0.783. The minimum Gasteiger partial charge on any atom is -0.311 e. The van der Waals surface area contributed by atoms with Crippen LogP contribution < -0.4 is 5.32 Å². The van der Waals surface area contributed by atoms with Gasteiger partial charge in [0.25, 0.3) is 0 Å². The third-order valence-electron chi connectivity index (χ3n) is 3.55. The summed E-state index contributed by atoms with van der Waals surface area (Å²) in [6.07, 6.45) is 2.08. The van der Waals surface area contributed by atoms with Gasteiger partial charge in [0.2, 0.25) is 0 Å². The van der Waals surface area contributed by atoms with Crippen molar-refractivity contribution in [3.63, 3.8) is 0 Å². The van der Waals surface area contributed by atoms with Crippen LogP contribution in [0.1, 0.15) is 18.2 Å². The average molecular weight is 265 g/mol. The van der Waals surface area contributed by atoms with E-state index in [4.69, 9.17) is 4.98 Å².